The van der Waals surface area contributed by atoms with E-state index in [1.807, 2.05) is 0 Å². The highest BCUT2D eigenvalue weighted by molar-refractivity contribution is 5.81. The molecule has 4 N–H and O–H groups in total. The van der Waals surface area contributed by atoms with E-state index in [9.17, 15) is 14.7 Å². The minimum Gasteiger partial charge on any atom is -0.396 e. The maximum Gasteiger partial charge on any atom is 0.249 e. The van der Waals surface area contributed by atoms with Crippen molar-refractivity contribution in [3.63, 3.8) is 0 Å². The summed E-state index contributed by atoms with van der Waals surface area (Å²) in [5, 5.41) is 27.7. The van der Waals surface area contributed by atoms with Crippen LogP contribution in [-0.4, -0.2) is 54.4 Å². The number of nitrogens with one attached hydrogen (secondary N) is 2. The fourth-order valence-electron chi connectivity index (χ4n) is 1.84. The van der Waals surface area contributed by atoms with Gasteiger partial charge in [0, 0.05) is 36.4 Å². The number of carbonyl (C=O) groups excluding carboxylic acids is 2. The molecule has 0 saturated heterocycles. The largest absolute Gasteiger partial charge is 0.396 e. The fourth-order valence-corrected chi connectivity index (χ4v) is 1.84. The SMILES string of the molecule is CC(C)(CO)[C@@H](O)C(=O)NCCCC(=O)NCCCCCN=[N+]=[N-]. The number of hydrogen-bond acceptors (Lipinski definition) is 5. The highest BCUT2D eigenvalue weighted by atomic mass is 16.3. The van der Waals surface area contributed by atoms with Crippen LogP contribution in [0.2, 0.25) is 0 Å². The van der Waals surface area contributed by atoms with Gasteiger partial charge in [0.25, 0.3) is 0 Å². The molecular weight excluding hydrogens is 314 g/mol. The van der Waals surface area contributed by atoms with Gasteiger partial charge >= 0.3 is 0 Å². The van der Waals surface area contributed by atoms with Gasteiger partial charge in [0.1, 0.15) is 6.10 Å². The van der Waals surface area contributed by atoms with Crippen LogP contribution in [0.3, 0.4) is 0 Å². The van der Waals surface area contributed by atoms with Crippen LogP contribution in [0.5, 0.6) is 0 Å². The summed E-state index contributed by atoms with van der Waals surface area (Å²) in [5.41, 5.74) is 7.21. The van der Waals surface area contributed by atoms with Crippen LogP contribution in [0.4, 0.5) is 0 Å². The Bertz CT molecular complexity index is 436. The zero-order valence-corrected chi connectivity index (χ0v) is 14.5. The Morgan fingerprint density at radius 2 is 1.83 bits per heavy atom. The predicted octanol–water partition coefficient (Wildman–Crippen LogP) is 0.859. The molecule has 2 amide bonds. The maximum absolute atomic E-state index is 11.7. The van der Waals surface area contributed by atoms with Crippen molar-refractivity contribution < 1.29 is 19.8 Å². The molecule has 0 aliphatic heterocycles. The molecule has 9 heteroatoms. The van der Waals surface area contributed by atoms with E-state index >= 15 is 0 Å². The molecule has 0 fully saturated rings. The predicted molar refractivity (Wildman–Crippen MR) is 90.0 cm³/mol. The molecule has 0 rings (SSSR count). The van der Waals surface area contributed by atoms with Crippen LogP contribution in [0.1, 0.15) is 46.0 Å². The number of aliphatic hydroxyl groups excluding tert-OH is 2. The molecule has 0 heterocycles. The third-order valence-corrected chi connectivity index (χ3v) is 3.60. The number of nitrogens with zero attached hydrogens (tertiary/aromatic N) is 3. The van der Waals surface area contributed by atoms with E-state index in [-0.39, 0.29) is 19.1 Å². The summed E-state index contributed by atoms with van der Waals surface area (Å²) < 4.78 is 0. The van der Waals surface area contributed by atoms with Crippen molar-refractivity contribution in [2.75, 3.05) is 26.2 Å². The van der Waals surface area contributed by atoms with Gasteiger partial charge < -0.3 is 20.8 Å². The van der Waals surface area contributed by atoms with Crippen molar-refractivity contribution >= 4 is 11.8 Å². The third-order valence-electron chi connectivity index (χ3n) is 3.60. The third kappa shape index (κ3) is 10.0. The van der Waals surface area contributed by atoms with Gasteiger partial charge in [-0.05, 0) is 24.8 Å². The molecule has 0 saturated carbocycles. The molecule has 1 atom stereocenters. The average molecular weight is 343 g/mol. The summed E-state index contributed by atoms with van der Waals surface area (Å²) in [6, 6.07) is 0. The van der Waals surface area contributed by atoms with Crippen LogP contribution in [-0.2, 0) is 9.59 Å². The maximum atomic E-state index is 11.7. The van der Waals surface area contributed by atoms with Crippen molar-refractivity contribution in [2.24, 2.45) is 10.5 Å². The minimum atomic E-state index is -1.29. The van der Waals surface area contributed by atoms with E-state index < -0.39 is 17.4 Å². The molecular formula is C15H29N5O4. The summed E-state index contributed by atoms with van der Waals surface area (Å²) >= 11 is 0. The Balaban J connectivity index is 3.68. The van der Waals surface area contributed by atoms with Crippen LogP contribution in [0, 0.1) is 5.41 Å². The number of carbonyl (C=O) groups is 2. The molecule has 9 nitrogen and oxygen atoms in total. The summed E-state index contributed by atoms with van der Waals surface area (Å²) in [6.07, 6.45) is 1.99. The highest BCUT2D eigenvalue weighted by Crippen LogP contribution is 2.19. The topological polar surface area (TPSA) is 147 Å². The lowest BCUT2D eigenvalue weighted by Gasteiger charge is -2.27. The fraction of sp³-hybridized carbons (Fsp3) is 0.867. The molecule has 0 unspecified atom stereocenters. The zero-order chi connectivity index (χ0) is 18.4. The molecule has 0 aromatic rings. The second kappa shape index (κ2) is 12.6. The molecule has 0 aliphatic carbocycles. The zero-order valence-electron chi connectivity index (χ0n) is 14.5. The quantitative estimate of drug-likeness (QED) is 0.170. The summed E-state index contributed by atoms with van der Waals surface area (Å²) in [7, 11) is 0. The van der Waals surface area contributed by atoms with Gasteiger partial charge in [-0.15, -0.1) is 0 Å². The molecule has 0 spiro atoms. The van der Waals surface area contributed by atoms with Crippen molar-refractivity contribution in [2.45, 2.75) is 52.1 Å². The Morgan fingerprint density at radius 1 is 1.17 bits per heavy atom. The highest BCUT2D eigenvalue weighted by Gasteiger charge is 2.32. The van der Waals surface area contributed by atoms with Crippen LogP contribution in [0.15, 0.2) is 5.11 Å². The Morgan fingerprint density at radius 3 is 2.46 bits per heavy atom. The Hall–Kier alpha value is -1.83. The van der Waals surface area contributed by atoms with E-state index in [4.69, 9.17) is 10.6 Å². The van der Waals surface area contributed by atoms with Gasteiger partial charge in [-0.25, -0.2) is 0 Å². The van der Waals surface area contributed by atoms with E-state index in [1.54, 1.807) is 13.8 Å². The summed E-state index contributed by atoms with van der Waals surface area (Å²) in [5.74, 6) is -0.634. The van der Waals surface area contributed by atoms with Gasteiger partial charge in [-0.2, -0.15) is 0 Å². The van der Waals surface area contributed by atoms with Gasteiger partial charge in [0.15, 0.2) is 0 Å². The molecule has 0 aromatic heterocycles. The molecule has 24 heavy (non-hydrogen) atoms. The van der Waals surface area contributed by atoms with Gasteiger partial charge in [0.2, 0.25) is 11.8 Å². The smallest absolute Gasteiger partial charge is 0.249 e. The van der Waals surface area contributed by atoms with Gasteiger partial charge in [-0.1, -0.05) is 25.4 Å². The first-order chi connectivity index (χ1) is 11.3. The molecule has 0 radical (unpaired) electrons. The van der Waals surface area contributed by atoms with Crippen molar-refractivity contribution in [1.82, 2.24) is 10.6 Å². The van der Waals surface area contributed by atoms with Crippen LogP contribution >= 0.6 is 0 Å². The van der Waals surface area contributed by atoms with E-state index in [2.05, 4.69) is 20.7 Å². The number of unbranched alkanes of at least 4 members (excludes halogenated alkanes) is 2. The Labute approximate surface area is 142 Å². The second-order valence-electron chi connectivity index (χ2n) is 6.31. The summed E-state index contributed by atoms with van der Waals surface area (Å²) in [6.45, 7) is 4.23. The lowest BCUT2D eigenvalue weighted by Crippen LogP contribution is -2.45. The molecule has 0 aliphatic rings. The first-order valence-electron chi connectivity index (χ1n) is 8.19. The lowest BCUT2D eigenvalue weighted by atomic mass is 9.87. The van der Waals surface area contributed by atoms with Crippen molar-refractivity contribution in [1.29, 1.82) is 0 Å². The van der Waals surface area contributed by atoms with Crippen LogP contribution in [0.25, 0.3) is 10.4 Å². The van der Waals surface area contributed by atoms with Crippen molar-refractivity contribution in [3.8, 4) is 0 Å². The number of amides is 2. The van der Waals surface area contributed by atoms with Gasteiger partial charge in [0.05, 0.1) is 6.61 Å². The molecule has 0 aromatic carbocycles. The van der Waals surface area contributed by atoms with E-state index in [0.29, 0.717) is 25.9 Å². The van der Waals surface area contributed by atoms with Gasteiger partial charge in [-0.3, -0.25) is 9.59 Å². The molecule has 0 bridgehead atoms. The van der Waals surface area contributed by atoms with Crippen LogP contribution < -0.4 is 10.6 Å². The molecule has 138 valence electrons. The number of rotatable bonds is 13. The minimum absolute atomic E-state index is 0.0875. The lowest BCUT2D eigenvalue weighted by molar-refractivity contribution is -0.137. The number of hydrogen-bond donors (Lipinski definition) is 4. The average Bonchev–Trinajstić information content (AvgIpc) is 2.56. The Kier molecular flexibility index (Phi) is 11.6. The standard InChI is InChI=1S/C15H29N5O4/c1-15(2,11-21)13(23)14(24)18-9-6-7-12(22)17-8-4-3-5-10-19-20-16/h13,21,23H,3-11H2,1-2H3,(H,17,22)(H,18,24)/t13-/m0/s1. The van der Waals surface area contributed by atoms with E-state index in [1.165, 1.54) is 0 Å². The monoisotopic (exact) mass is 343 g/mol. The number of azide groups is 1. The summed E-state index contributed by atoms with van der Waals surface area (Å²) in [4.78, 5) is 26.0. The van der Waals surface area contributed by atoms with E-state index in [0.717, 1.165) is 19.3 Å². The normalized spacial score (nSPS) is 12.2. The first kappa shape index (κ1) is 22.2. The second-order valence-corrected chi connectivity index (χ2v) is 6.31. The first-order valence-corrected chi connectivity index (χ1v) is 8.19. The van der Waals surface area contributed by atoms with Crippen molar-refractivity contribution in [3.05, 3.63) is 10.4 Å². The number of aliphatic hydroxyl groups is 2.